The predicted molar refractivity (Wildman–Crippen MR) is 139 cm³/mol. The molecule has 1 aliphatic carbocycles. The number of hydrogen-bond acceptors (Lipinski definition) is 4. The van der Waals surface area contributed by atoms with E-state index in [0.29, 0.717) is 37.6 Å². The van der Waals surface area contributed by atoms with Gasteiger partial charge in [-0.1, -0.05) is 11.6 Å². The molecular weight excluding hydrogens is 587 g/mol. The molecule has 3 aromatic rings. The van der Waals surface area contributed by atoms with Crippen molar-refractivity contribution in [3.05, 3.63) is 90.5 Å². The molecule has 1 amide bonds. The summed E-state index contributed by atoms with van der Waals surface area (Å²) in [5.74, 6) is -3.04. The number of hydrogen-bond donors (Lipinski definition) is 0. The minimum absolute atomic E-state index is 0.0142. The van der Waals surface area contributed by atoms with Crippen LogP contribution in [0.5, 0.6) is 0 Å². The Bertz CT molecular complexity index is 1520. The van der Waals surface area contributed by atoms with Crippen LogP contribution in [0.3, 0.4) is 0 Å². The van der Waals surface area contributed by atoms with Crippen molar-refractivity contribution in [2.75, 3.05) is 0 Å². The molecule has 11 heteroatoms. The van der Waals surface area contributed by atoms with Crippen LogP contribution in [0.4, 0.5) is 13.2 Å². The lowest BCUT2D eigenvalue weighted by Gasteiger charge is -2.34. The molecule has 1 aromatic heterocycles. The van der Waals surface area contributed by atoms with Crippen molar-refractivity contribution in [2.45, 2.75) is 51.4 Å². The average molecular weight is 609 g/mol. The topological polar surface area (TPSA) is 72.3 Å². The van der Waals surface area contributed by atoms with Crippen molar-refractivity contribution in [3.63, 3.8) is 0 Å². The van der Waals surface area contributed by atoms with Crippen LogP contribution >= 0.6 is 27.5 Å². The van der Waals surface area contributed by atoms with Gasteiger partial charge in [-0.2, -0.15) is 13.2 Å². The highest BCUT2D eigenvalue weighted by molar-refractivity contribution is 9.10. The maximum Gasteiger partial charge on any atom is 0.392 e. The average Bonchev–Trinajstić information content (AvgIpc) is 3.67. The number of halogens is 5. The molecule has 1 fully saturated rings. The third-order valence-corrected chi connectivity index (χ3v) is 8.37. The number of Topliss-reactive ketones (excluding diaryl/α,β-unsaturated/α-hetero) is 1. The number of ketones is 1. The molecule has 0 spiro atoms. The van der Waals surface area contributed by atoms with Crippen LogP contribution in [0.15, 0.2) is 51.7 Å². The van der Waals surface area contributed by atoms with Gasteiger partial charge in [0, 0.05) is 33.1 Å². The fraction of sp³-hybridized carbons (Fsp3) is 0.333. The fourth-order valence-corrected chi connectivity index (χ4v) is 5.36. The van der Waals surface area contributed by atoms with Gasteiger partial charge < -0.3 is 4.90 Å². The Hall–Kier alpha value is -2.98. The molecule has 3 unspecified atom stereocenters. The standard InChI is InChI=1S/C27H22BrClF3N3O3/c1-13-9-19-23(12-34(13)25(37)16-5-8-21(28)22(29)10-16)33-24(18-11-20(18)27(30,31)32)35(26(19)38)17-6-3-15(4-7-17)14(2)36/h3-8,10,13,18,20H,9,11-12H2,1-2H3. The lowest BCUT2D eigenvalue weighted by Crippen LogP contribution is -2.46. The van der Waals surface area contributed by atoms with Gasteiger partial charge in [-0.05, 0) is 85.1 Å². The fourth-order valence-electron chi connectivity index (χ4n) is 4.93. The molecular formula is C27H22BrClF3N3O3. The summed E-state index contributed by atoms with van der Waals surface area (Å²) in [5.41, 5.74) is 1.31. The van der Waals surface area contributed by atoms with E-state index in [4.69, 9.17) is 11.6 Å². The summed E-state index contributed by atoms with van der Waals surface area (Å²) in [6, 6.07) is 10.6. The molecule has 0 radical (unpaired) electrons. The van der Waals surface area contributed by atoms with E-state index in [-0.39, 0.29) is 42.9 Å². The molecule has 0 N–H and O–H groups in total. The van der Waals surface area contributed by atoms with E-state index in [2.05, 4.69) is 20.9 Å². The predicted octanol–water partition coefficient (Wildman–Crippen LogP) is 6.10. The maximum atomic E-state index is 13.8. The van der Waals surface area contributed by atoms with E-state index in [1.54, 1.807) is 36.1 Å². The first-order valence-electron chi connectivity index (χ1n) is 12.0. The second-order valence-electron chi connectivity index (χ2n) is 9.74. The van der Waals surface area contributed by atoms with Crippen LogP contribution in [0.1, 0.15) is 64.0 Å². The number of carbonyl (C=O) groups is 2. The zero-order valence-corrected chi connectivity index (χ0v) is 22.7. The van der Waals surface area contributed by atoms with Gasteiger partial charge >= 0.3 is 6.18 Å². The highest BCUT2D eigenvalue weighted by Gasteiger charge is 2.58. The number of carbonyl (C=O) groups excluding carboxylic acids is 2. The Morgan fingerprint density at radius 1 is 1.11 bits per heavy atom. The largest absolute Gasteiger partial charge is 0.392 e. The molecule has 0 bridgehead atoms. The van der Waals surface area contributed by atoms with Gasteiger partial charge in [0.1, 0.15) is 5.82 Å². The summed E-state index contributed by atoms with van der Waals surface area (Å²) >= 11 is 9.46. The number of benzene rings is 2. The number of alkyl halides is 3. The van der Waals surface area contributed by atoms with E-state index >= 15 is 0 Å². The third-order valence-electron chi connectivity index (χ3n) is 7.14. The minimum atomic E-state index is -4.42. The van der Waals surface area contributed by atoms with Crippen molar-refractivity contribution in [2.24, 2.45) is 5.92 Å². The van der Waals surface area contributed by atoms with E-state index in [0.717, 1.165) is 0 Å². The second kappa shape index (κ2) is 9.64. The van der Waals surface area contributed by atoms with Crippen LogP contribution in [0, 0.1) is 5.92 Å². The Labute approximate surface area is 229 Å². The molecule has 1 aliphatic heterocycles. The summed E-state index contributed by atoms with van der Waals surface area (Å²) in [6.45, 7) is 3.20. The summed E-state index contributed by atoms with van der Waals surface area (Å²) in [7, 11) is 0. The Balaban J connectivity index is 1.58. The van der Waals surface area contributed by atoms with Crippen molar-refractivity contribution in [1.29, 1.82) is 0 Å². The van der Waals surface area contributed by atoms with E-state index in [1.807, 2.05) is 0 Å². The molecule has 3 atom stereocenters. The number of nitrogens with zero attached hydrogens (tertiary/aromatic N) is 3. The normalized spacial score (nSPS) is 20.7. The monoisotopic (exact) mass is 607 g/mol. The van der Waals surface area contributed by atoms with Crippen LogP contribution in [0.25, 0.3) is 5.69 Å². The number of amides is 1. The molecule has 198 valence electrons. The number of aromatic nitrogens is 2. The van der Waals surface area contributed by atoms with Gasteiger partial charge in [0.2, 0.25) is 0 Å². The first kappa shape index (κ1) is 26.6. The van der Waals surface area contributed by atoms with E-state index < -0.39 is 23.6 Å². The Kier molecular flexibility index (Phi) is 6.76. The van der Waals surface area contributed by atoms with Crippen molar-refractivity contribution in [3.8, 4) is 5.69 Å². The minimum Gasteiger partial charge on any atom is -0.330 e. The van der Waals surface area contributed by atoms with Gasteiger partial charge in [0.15, 0.2) is 5.78 Å². The summed E-state index contributed by atoms with van der Waals surface area (Å²) < 4.78 is 42.5. The molecule has 2 aromatic carbocycles. The van der Waals surface area contributed by atoms with Gasteiger partial charge in [-0.15, -0.1) is 0 Å². The van der Waals surface area contributed by atoms with Crippen molar-refractivity contribution >= 4 is 39.2 Å². The first-order chi connectivity index (χ1) is 17.9. The Morgan fingerprint density at radius 3 is 2.34 bits per heavy atom. The lowest BCUT2D eigenvalue weighted by atomic mass is 9.98. The van der Waals surface area contributed by atoms with Crippen LogP contribution < -0.4 is 5.56 Å². The summed E-state index contributed by atoms with van der Waals surface area (Å²) in [4.78, 5) is 44.9. The molecule has 38 heavy (non-hydrogen) atoms. The van der Waals surface area contributed by atoms with Gasteiger partial charge in [0.05, 0.1) is 28.9 Å². The van der Waals surface area contributed by atoms with Gasteiger partial charge in [0.25, 0.3) is 11.5 Å². The molecule has 1 saturated carbocycles. The molecule has 5 rings (SSSR count). The zero-order chi connectivity index (χ0) is 27.5. The van der Waals surface area contributed by atoms with Crippen LogP contribution in [0.2, 0.25) is 5.02 Å². The highest BCUT2D eigenvalue weighted by Crippen LogP contribution is 2.55. The molecule has 0 saturated heterocycles. The third kappa shape index (κ3) is 4.80. The molecule has 2 aliphatic rings. The quantitative estimate of drug-likeness (QED) is 0.336. The number of fused-ring (bicyclic) bond motifs is 1. The first-order valence-corrected chi connectivity index (χ1v) is 13.1. The van der Waals surface area contributed by atoms with Gasteiger partial charge in [-0.25, -0.2) is 4.98 Å². The smallest absolute Gasteiger partial charge is 0.330 e. The van der Waals surface area contributed by atoms with Crippen molar-refractivity contribution < 1.29 is 22.8 Å². The van der Waals surface area contributed by atoms with Crippen molar-refractivity contribution in [1.82, 2.24) is 14.5 Å². The van der Waals surface area contributed by atoms with E-state index in [1.165, 1.54) is 29.7 Å². The second-order valence-corrected chi connectivity index (χ2v) is 11.0. The maximum absolute atomic E-state index is 13.8. The molecule has 2 heterocycles. The van der Waals surface area contributed by atoms with Crippen LogP contribution in [-0.4, -0.2) is 38.4 Å². The van der Waals surface area contributed by atoms with Crippen LogP contribution in [-0.2, 0) is 13.0 Å². The van der Waals surface area contributed by atoms with Gasteiger partial charge in [-0.3, -0.25) is 19.0 Å². The summed E-state index contributed by atoms with van der Waals surface area (Å²) in [5, 5.41) is 0.368. The van der Waals surface area contributed by atoms with E-state index in [9.17, 15) is 27.6 Å². The highest BCUT2D eigenvalue weighted by atomic mass is 79.9. The molecule has 6 nitrogen and oxygen atoms in total. The SMILES string of the molecule is CC(=O)c1ccc(-n2c(C3CC3C(F)(F)F)nc3c(c2=O)CC(C)N(C(=O)c2ccc(Br)c(Cl)c2)C3)cc1. The number of rotatable bonds is 4. The lowest BCUT2D eigenvalue weighted by molar-refractivity contribution is -0.148. The zero-order valence-electron chi connectivity index (χ0n) is 20.4. The summed E-state index contributed by atoms with van der Waals surface area (Å²) in [6.07, 6.45) is -4.40. The Morgan fingerprint density at radius 2 is 1.76 bits per heavy atom.